The fraction of sp³-hybridized carbons (Fsp3) is 0. The summed E-state index contributed by atoms with van der Waals surface area (Å²) in [4.78, 5) is 10.9. The van der Waals surface area contributed by atoms with Crippen molar-refractivity contribution in [1.29, 1.82) is 0 Å². The van der Waals surface area contributed by atoms with Crippen LogP contribution in [0.5, 0.6) is 0 Å². The second kappa shape index (κ2) is 4.66. The van der Waals surface area contributed by atoms with Gasteiger partial charge in [0.15, 0.2) is 0 Å². The van der Waals surface area contributed by atoms with Gasteiger partial charge in [-0.3, -0.25) is 0 Å². The van der Waals surface area contributed by atoms with Crippen molar-refractivity contribution < 1.29 is 39.5 Å². The molecule has 0 saturated heterocycles. The van der Waals surface area contributed by atoms with Crippen LogP contribution < -0.4 is 35.3 Å². The Morgan fingerprint density at radius 1 is 1.13 bits per heavy atom. The maximum atomic E-state index is 10.9. The number of anilines is 1. The van der Waals surface area contributed by atoms with Gasteiger partial charge < -0.3 is 10.8 Å². The number of hydrogen-bond donors (Lipinski definition) is 2. The van der Waals surface area contributed by atoms with Gasteiger partial charge in [0.2, 0.25) is 0 Å². The molecule has 0 aromatic heterocycles. The molecule has 0 amide bonds. The number of carboxylic acid groups (broad SMARTS) is 1. The predicted octanol–water partition coefficient (Wildman–Crippen LogP) is -0.876. The van der Waals surface area contributed by atoms with Crippen molar-refractivity contribution in [2.24, 2.45) is 0 Å². The van der Waals surface area contributed by atoms with Crippen LogP contribution in [0.2, 0.25) is 0 Å². The van der Waals surface area contributed by atoms with Crippen molar-refractivity contribution in [3.63, 3.8) is 0 Å². The van der Waals surface area contributed by atoms with Crippen molar-refractivity contribution >= 4 is 22.4 Å². The first-order valence-electron chi connectivity index (χ1n) is 4.20. The van der Waals surface area contributed by atoms with Gasteiger partial charge in [-0.05, 0) is 17.5 Å². The van der Waals surface area contributed by atoms with E-state index in [0.29, 0.717) is 11.1 Å². The molecule has 0 saturated carbocycles. The molecule has 0 aliphatic rings. The maximum absolute atomic E-state index is 10.9. The first-order valence-corrected chi connectivity index (χ1v) is 4.20. The van der Waals surface area contributed by atoms with Gasteiger partial charge >= 0.3 is 35.5 Å². The molecule has 0 spiro atoms. The SMILES string of the molecule is Nc1cccc2cccc(C(=O)O)c12.[Na+]. The van der Waals surface area contributed by atoms with Crippen LogP contribution in [0.3, 0.4) is 0 Å². The zero-order chi connectivity index (χ0) is 10.1. The maximum Gasteiger partial charge on any atom is 1.00 e. The van der Waals surface area contributed by atoms with E-state index in [1.54, 1.807) is 18.2 Å². The molecule has 0 aliphatic heterocycles. The molecule has 0 unspecified atom stereocenters. The number of carbonyl (C=O) groups is 1. The minimum Gasteiger partial charge on any atom is -0.478 e. The second-order valence-electron chi connectivity index (χ2n) is 3.06. The summed E-state index contributed by atoms with van der Waals surface area (Å²) in [6.07, 6.45) is 0. The van der Waals surface area contributed by atoms with Crippen LogP contribution in [-0.2, 0) is 0 Å². The van der Waals surface area contributed by atoms with Crippen molar-refractivity contribution in [2.45, 2.75) is 0 Å². The third kappa shape index (κ3) is 2.15. The summed E-state index contributed by atoms with van der Waals surface area (Å²) < 4.78 is 0. The summed E-state index contributed by atoms with van der Waals surface area (Å²) in [5.74, 6) is -0.950. The van der Waals surface area contributed by atoms with E-state index >= 15 is 0 Å². The van der Waals surface area contributed by atoms with Crippen molar-refractivity contribution in [2.75, 3.05) is 5.73 Å². The molecular formula is C11H9NNaO2+. The van der Waals surface area contributed by atoms with Crippen molar-refractivity contribution in [3.8, 4) is 0 Å². The molecular weight excluding hydrogens is 201 g/mol. The van der Waals surface area contributed by atoms with Crippen LogP contribution in [0.1, 0.15) is 10.4 Å². The molecule has 3 nitrogen and oxygen atoms in total. The van der Waals surface area contributed by atoms with Crippen LogP contribution in [0.15, 0.2) is 36.4 Å². The van der Waals surface area contributed by atoms with Crippen molar-refractivity contribution in [1.82, 2.24) is 0 Å². The normalized spacial score (nSPS) is 9.60. The van der Waals surface area contributed by atoms with Crippen LogP contribution in [0, 0.1) is 0 Å². The third-order valence-electron chi connectivity index (χ3n) is 2.17. The minimum absolute atomic E-state index is 0. The molecule has 15 heavy (non-hydrogen) atoms. The Hall–Kier alpha value is -1.03. The molecule has 0 atom stereocenters. The molecule has 2 aromatic carbocycles. The first-order chi connectivity index (χ1) is 6.70. The largest absolute Gasteiger partial charge is 1.00 e. The van der Waals surface area contributed by atoms with E-state index in [-0.39, 0.29) is 35.1 Å². The molecule has 4 heteroatoms. The summed E-state index contributed by atoms with van der Waals surface area (Å²) in [6, 6.07) is 10.5. The monoisotopic (exact) mass is 210 g/mol. The molecule has 2 rings (SSSR count). The van der Waals surface area contributed by atoms with Crippen LogP contribution in [-0.4, -0.2) is 11.1 Å². The smallest absolute Gasteiger partial charge is 0.478 e. The van der Waals surface area contributed by atoms with E-state index in [1.807, 2.05) is 18.2 Å². The van der Waals surface area contributed by atoms with E-state index in [1.165, 1.54) is 0 Å². The van der Waals surface area contributed by atoms with Gasteiger partial charge in [-0.2, -0.15) is 0 Å². The Kier molecular flexibility index (Phi) is 3.74. The van der Waals surface area contributed by atoms with Crippen molar-refractivity contribution in [3.05, 3.63) is 42.0 Å². The van der Waals surface area contributed by atoms with Crippen LogP contribution in [0.4, 0.5) is 5.69 Å². The van der Waals surface area contributed by atoms with Gasteiger partial charge in [-0.1, -0.05) is 24.3 Å². The van der Waals surface area contributed by atoms with E-state index in [0.717, 1.165) is 5.39 Å². The molecule has 0 heterocycles. The molecule has 2 aromatic rings. The summed E-state index contributed by atoms with van der Waals surface area (Å²) in [6.45, 7) is 0. The Labute approximate surface area is 109 Å². The number of nitrogen functional groups attached to an aromatic ring is 1. The number of fused-ring (bicyclic) bond motifs is 1. The van der Waals surface area contributed by atoms with E-state index < -0.39 is 5.97 Å². The number of rotatable bonds is 1. The fourth-order valence-corrected chi connectivity index (χ4v) is 1.55. The number of benzene rings is 2. The van der Waals surface area contributed by atoms with E-state index in [4.69, 9.17) is 10.8 Å². The summed E-state index contributed by atoms with van der Waals surface area (Å²) >= 11 is 0. The standard InChI is InChI=1S/C11H9NO2.Na/c12-9-6-2-4-7-3-1-5-8(10(7)9)11(13)14;/h1-6H,12H2,(H,13,14);/q;+1. The van der Waals surface area contributed by atoms with Gasteiger partial charge in [0.1, 0.15) is 0 Å². The molecule has 0 fully saturated rings. The zero-order valence-corrected chi connectivity index (χ0v) is 10.4. The van der Waals surface area contributed by atoms with E-state index in [2.05, 4.69) is 0 Å². The Morgan fingerprint density at radius 3 is 2.33 bits per heavy atom. The van der Waals surface area contributed by atoms with Gasteiger partial charge in [0, 0.05) is 11.1 Å². The zero-order valence-electron chi connectivity index (χ0n) is 8.40. The molecule has 70 valence electrons. The predicted molar refractivity (Wildman–Crippen MR) is 55.3 cm³/mol. The quantitative estimate of drug-likeness (QED) is 0.475. The molecule has 0 bridgehead atoms. The van der Waals surface area contributed by atoms with Gasteiger partial charge in [-0.15, -0.1) is 0 Å². The summed E-state index contributed by atoms with van der Waals surface area (Å²) in [5.41, 5.74) is 6.48. The Morgan fingerprint density at radius 2 is 1.73 bits per heavy atom. The fourth-order valence-electron chi connectivity index (χ4n) is 1.55. The topological polar surface area (TPSA) is 63.3 Å². The van der Waals surface area contributed by atoms with Crippen LogP contribution in [0.25, 0.3) is 10.8 Å². The Bertz CT molecular complexity index is 506. The van der Waals surface area contributed by atoms with Crippen LogP contribution >= 0.6 is 0 Å². The van der Waals surface area contributed by atoms with Gasteiger partial charge in [-0.25, -0.2) is 4.79 Å². The number of carboxylic acids is 1. The third-order valence-corrected chi connectivity index (χ3v) is 2.17. The second-order valence-corrected chi connectivity index (χ2v) is 3.06. The van der Waals surface area contributed by atoms with E-state index in [9.17, 15) is 4.79 Å². The average molecular weight is 210 g/mol. The number of hydrogen-bond acceptors (Lipinski definition) is 2. The molecule has 3 N–H and O–H groups in total. The molecule has 0 radical (unpaired) electrons. The van der Waals surface area contributed by atoms with Gasteiger partial charge in [0.25, 0.3) is 0 Å². The minimum atomic E-state index is -0.950. The number of nitrogens with two attached hydrogens (primary N) is 1. The summed E-state index contributed by atoms with van der Waals surface area (Å²) in [7, 11) is 0. The number of aromatic carboxylic acids is 1. The summed E-state index contributed by atoms with van der Waals surface area (Å²) in [5, 5.41) is 10.4. The first kappa shape index (κ1) is 12.0. The Balaban J connectivity index is 0.00000112. The molecule has 0 aliphatic carbocycles. The average Bonchev–Trinajstić information content (AvgIpc) is 2.17. The van der Waals surface area contributed by atoms with Gasteiger partial charge in [0.05, 0.1) is 5.56 Å².